The van der Waals surface area contributed by atoms with E-state index in [0.29, 0.717) is 46.3 Å². The molecule has 0 amide bonds. The van der Waals surface area contributed by atoms with E-state index in [2.05, 4.69) is 31.9 Å². The van der Waals surface area contributed by atoms with Crippen molar-refractivity contribution in [2.75, 3.05) is 6.61 Å². The monoisotopic (exact) mass is 680 g/mol. The summed E-state index contributed by atoms with van der Waals surface area (Å²) >= 11 is 6.43. The van der Waals surface area contributed by atoms with Gasteiger partial charge in [-0.05, 0) is 54.4 Å². The number of aromatic nitrogens is 6. The summed E-state index contributed by atoms with van der Waals surface area (Å²) in [6, 6.07) is 13.3. The Morgan fingerprint density at radius 2 is 1.92 bits per heavy atom. The summed E-state index contributed by atoms with van der Waals surface area (Å²) in [7, 11) is 1.81. The number of carboxylic acids is 1. The maximum atomic E-state index is 15.6. The van der Waals surface area contributed by atoms with Crippen LogP contribution in [0.1, 0.15) is 45.0 Å². The number of hydrogen-bond donors (Lipinski definition) is 1. The average molecular weight is 681 g/mol. The number of ether oxygens (including phenoxy) is 2. The average Bonchev–Trinajstić information content (AvgIpc) is 3.64. The molecule has 13 heteroatoms. The predicted octanol–water partition coefficient (Wildman–Crippen LogP) is 6.22. The molecule has 1 aliphatic rings. The van der Waals surface area contributed by atoms with Crippen LogP contribution in [0.4, 0.5) is 8.78 Å². The largest absolute Gasteiger partial charge is 0.478 e. The van der Waals surface area contributed by atoms with Crippen molar-refractivity contribution in [3.05, 3.63) is 124 Å². The van der Waals surface area contributed by atoms with Crippen molar-refractivity contribution in [2.45, 2.75) is 32.1 Å². The number of halogens is 3. The molecule has 49 heavy (non-hydrogen) atoms. The second kappa shape index (κ2) is 13.5. The van der Waals surface area contributed by atoms with Gasteiger partial charge in [0.05, 0.1) is 57.4 Å². The molecular formula is C36H27ClF2N6O4. The summed E-state index contributed by atoms with van der Waals surface area (Å²) in [6.07, 6.45) is 5.78. The minimum atomic E-state index is -1.07. The van der Waals surface area contributed by atoms with Crippen LogP contribution in [0.25, 0.3) is 22.3 Å². The van der Waals surface area contributed by atoms with E-state index < -0.39 is 17.6 Å². The fraction of sp³-hybridized carbons (Fsp3) is 0.194. The summed E-state index contributed by atoms with van der Waals surface area (Å²) < 4.78 is 46.1. The second-order valence-corrected chi connectivity index (χ2v) is 11.9. The van der Waals surface area contributed by atoms with Crippen LogP contribution >= 0.6 is 11.6 Å². The van der Waals surface area contributed by atoms with Gasteiger partial charge >= 0.3 is 5.97 Å². The lowest BCUT2D eigenvalue weighted by molar-refractivity contribution is -0.0589. The van der Waals surface area contributed by atoms with E-state index in [1.165, 1.54) is 12.1 Å². The molecule has 0 aliphatic carbocycles. The number of nitrogens with zero attached hydrogens (tertiary/aromatic N) is 6. The number of pyridine rings is 2. The Bertz CT molecular complexity index is 2290. The van der Waals surface area contributed by atoms with Crippen molar-refractivity contribution in [1.29, 1.82) is 0 Å². The first kappa shape index (κ1) is 31.9. The van der Waals surface area contributed by atoms with Crippen LogP contribution in [0.2, 0.25) is 5.02 Å². The van der Waals surface area contributed by atoms with Crippen molar-refractivity contribution in [3.8, 4) is 29.0 Å². The van der Waals surface area contributed by atoms with E-state index in [9.17, 15) is 9.90 Å². The molecule has 0 saturated carbocycles. The first-order chi connectivity index (χ1) is 23.7. The summed E-state index contributed by atoms with van der Waals surface area (Å²) in [5, 5.41) is 13.9. The molecule has 10 nitrogen and oxygen atoms in total. The minimum Gasteiger partial charge on any atom is -0.478 e. The first-order valence-corrected chi connectivity index (χ1v) is 15.7. The Hall–Kier alpha value is -5.64. The lowest BCUT2D eigenvalue weighted by Crippen LogP contribution is -2.31. The number of aromatic carboxylic acids is 1. The summed E-state index contributed by atoms with van der Waals surface area (Å²) in [5.74, 6) is 4.25. The highest BCUT2D eigenvalue weighted by molar-refractivity contribution is 6.31. The van der Waals surface area contributed by atoms with Crippen LogP contribution < -0.4 is 4.74 Å². The predicted molar refractivity (Wildman–Crippen MR) is 176 cm³/mol. The topological polar surface area (TPSA) is 117 Å². The Balaban J connectivity index is 1.08. The van der Waals surface area contributed by atoms with Gasteiger partial charge in [0.25, 0.3) is 0 Å². The molecule has 0 unspecified atom stereocenters. The first-order valence-electron chi connectivity index (χ1n) is 15.3. The van der Waals surface area contributed by atoms with Gasteiger partial charge in [0, 0.05) is 49.7 Å². The van der Waals surface area contributed by atoms with Gasteiger partial charge < -0.3 is 19.1 Å². The van der Waals surface area contributed by atoms with Crippen molar-refractivity contribution in [2.24, 2.45) is 7.05 Å². The van der Waals surface area contributed by atoms with Crippen LogP contribution in [-0.2, 0) is 31.4 Å². The van der Waals surface area contributed by atoms with Crippen LogP contribution in [0, 0.1) is 23.5 Å². The highest BCUT2D eigenvalue weighted by atomic mass is 35.5. The fourth-order valence-corrected chi connectivity index (χ4v) is 5.65. The number of fused-ring (bicyclic) bond motifs is 1. The van der Waals surface area contributed by atoms with E-state index in [1.54, 1.807) is 53.6 Å². The molecule has 0 radical (unpaired) electrons. The van der Waals surface area contributed by atoms with E-state index in [-0.39, 0.29) is 47.4 Å². The smallest absolute Gasteiger partial charge is 0.335 e. The molecule has 1 N–H and O–H groups in total. The number of benzene rings is 2. The second-order valence-electron chi connectivity index (χ2n) is 11.5. The third kappa shape index (κ3) is 6.99. The van der Waals surface area contributed by atoms with Gasteiger partial charge in [0.15, 0.2) is 0 Å². The number of carboxylic acid groups (broad SMARTS) is 1. The van der Waals surface area contributed by atoms with E-state index in [0.717, 1.165) is 24.1 Å². The Morgan fingerprint density at radius 3 is 2.65 bits per heavy atom. The van der Waals surface area contributed by atoms with Gasteiger partial charge in [-0.1, -0.05) is 29.5 Å². The normalized spacial score (nSPS) is 13.9. The van der Waals surface area contributed by atoms with Crippen molar-refractivity contribution in [3.63, 3.8) is 0 Å². The maximum Gasteiger partial charge on any atom is 0.335 e. The fourth-order valence-electron chi connectivity index (χ4n) is 5.43. The number of rotatable bonds is 9. The molecule has 1 atom stereocenters. The molecule has 6 aromatic rings. The Labute approximate surface area is 283 Å². The van der Waals surface area contributed by atoms with Crippen molar-refractivity contribution in [1.82, 2.24) is 29.3 Å². The standard InChI is InChI=1S/C36H27ClF2N6O4/c1-44-18-22(17-41-44)6-5-21-11-27(37)32(40-16-21)20-49-35-4-2-3-30(43-35)26-15-28(38)24(12-29(26)39)14-34-42-31-8-7-23(36(46)47)13-33(31)45(34)19-25-9-10-48-25/h2-4,7-8,11-13,15-18,25H,9-10,14,19-20H2,1H3,(H,46,47)/t25-/m0/s1. The lowest BCUT2D eigenvalue weighted by Gasteiger charge is -2.27. The third-order valence-corrected chi connectivity index (χ3v) is 8.40. The highest BCUT2D eigenvalue weighted by Gasteiger charge is 2.24. The zero-order chi connectivity index (χ0) is 34.1. The highest BCUT2D eigenvalue weighted by Crippen LogP contribution is 2.29. The molecule has 4 aromatic heterocycles. The number of imidazole rings is 1. The van der Waals surface area contributed by atoms with E-state index >= 15 is 8.78 Å². The SMILES string of the molecule is Cn1cc(C#Cc2cnc(COc3cccc(-c4cc(F)c(Cc5nc6ccc(C(=O)O)cc6n5C[C@@H]5CCO5)cc4F)n3)c(Cl)c2)cn1. The number of carbonyl (C=O) groups is 1. The molecule has 1 fully saturated rings. The summed E-state index contributed by atoms with van der Waals surface area (Å²) in [5.41, 5.74) is 3.31. The van der Waals surface area contributed by atoms with Gasteiger partial charge in [-0.15, -0.1) is 0 Å². The third-order valence-electron chi connectivity index (χ3n) is 8.07. The number of aryl methyl sites for hydroxylation is 1. The summed E-state index contributed by atoms with van der Waals surface area (Å²) in [6.45, 7) is 1.04. The quantitative estimate of drug-likeness (QED) is 0.179. The molecule has 2 aromatic carbocycles. The molecule has 0 bridgehead atoms. The van der Waals surface area contributed by atoms with Gasteiger partial charge in [-0.3, -0.25) is 9.67 Å². The molecule has 5 heterocycles. The van der Waals surface area contributed by atoms with Gasteiger partial charge in [-0.25, -0.2) is 23.5 Å². The van der Waals surface area contributed by atoms with Crippen LogP contribution in [0.3, 0.4) is 0 Å². The Morgan fingerprint density at radius 1 is 1.08 bits per heavy atom. The molecule has 246 valence electrons. The van der Waals surface area contributed by atoms with Gasteiger partial charge in [-0.2, -0.15) is 5.10 Å². The zero-order valence-corrected chi connectivity index (χ0v) is 26.8. The van der Waals surface area contributed by atoms with E-state index in [1.807, 2.05) is 11.6 Å². The lowest BCUT2D eigenvalue weighted by atomic mass is 10.0. The maximum absolute atomic E-state index is 15.6. The zero-order valence-electron chi connectivity index (χ0n) is 26.0. The molecule has 0 spiro atoms. The minimum absolute atomic E-state index is 0.0117. The Kier molecular flexibility index (Phi) is 8.78. The van der Waals surface area contributed by atoms with Crippen molar-refractivity contribution >= 4 is 28.6 Å². The molecule has 1 saturated heterocycles. The molecule has 7 rings (SSSR count). The van der Waals surface area contributed by atoms with Gasteiger partial charge in [0.2, 0.25) is 5.88 Å². The van der Waals surface area contributed by atoms with Gasteiger partial charge in [0.1, 0.15) is 24.1 Å². The van der Waals surface area contributed by atoms with Crippen LogP contribution in [-0.4, -0.2) is 53.1 Å². The molecule has 1 aliphatic heterocycles. The summed E-state index contributed by atoms with van der Waals surface area (Å²) in [4.78, 5) is 25.0. The van der Waals surface area contributed by atoms with Crippen LogP contribution in [0.5, 0.6) is 5.88 Å². The van der Waals surface area contributed by atoms with Crippen LogP contribution in [0.15, 0.2) is 73.2 Å². The number of hydrogen-bond acceptors (Lipinski definition) is 7. The van der Waals surface area contributed by atoms with Crippen molar-refractivity contribution < 1.29 is 28.2 Å². The molecular weight excluding hydrogens is 654 g/mol. The van der Waals surface area contributed by atoms with E-state index in [4.69, 9.17) is 21.1 Å².